The van der Waals surface area contributed by atoms with Crippen molar-refractivity contribution in [2.75, 3.05) is 0 Å². The van der Waals surface area contributed by atoms with Crippen LogP contribution in [0.25, 0.3) is 0 Å². The van der Waals surface area contributed by atoms with E-state index >= 15 is 0 Å². The molecule has 28 heavy (non-hydrogen) atoms. The van der Waals surface area contributed by atoms with Crippen molar-refractivity contribution in [2.24, 2.45) is 5.41 Å². The minimum absolute atomic E-state index is 0.254. The molecule has 8 heteroatoms. The number of hydrogen-bond donors (Lipinski definition) is 4. The lowest BCUT2D eigenvalue weighted by molar-refractivity contribution is -0.176. The highest BCUT2D eigenvalue weighted by Gasteiger charge is 2.53. The van der Waals surface area contributed by atoms with Gasteiger partial charge in [-0.2, -0.15) is 0 Å². The molecule has 0 amide bonds. The Kier molecular flexibility index (Phi) is 13.8. The van der Waals surface area contributed by atoms with Crippen molar-refractivity contribution >= 4 is 23.9 Å². The number of unbranched alkanes of at least 4 members (excludes halogenated alkanes) is 12. The summed E-state index contributed by atoms with van der Waals surface area (Å²) in [5, 5.41) is 35.6. The Morgan fingerprint density at radius 3 is 1.04 bits per heavy atom. The molecule has 0 fully saturated rings. The Morgan fingerprint density at radius 1 is 0.464 bits per heavy atom. The van der Waals surface area contributed by atoms with Crippen molar-refractivity contribution in [1.29, 1.82) is 0 Å². The maximum absolute atomic E-state index is 11.1. The van der Waals surface area contributed by atoms with Gasteiger partial charge in [0.1, 0.15) is 0 Å². The van der Waals surface area contributed by atoms with Gasteiger partial charge in [0.05, 0.1) is 0 Å². The summed E-state index contributed by atoms with van der Waals surface area (Å²) in [7, 11) is 0. The quantitative estimate of drug-likeness (QED) is 0.186. The number of hydrogen-bond acceptors (Lipinski definition) is 4. The average Bonchev–Trinajstić information content (AvgIpc) is 2.60. The molecular formula is C20H34O8. The molecule has 0 spiro atoms. The molecule has 0 aliphatic rings. The molecule has 0 aliphatic heterocycles. The fourth-order valence-corrected chi connectivity index (χ4v) is 3.21. The molecule has 0 bridgehead atoms. The van der Waals surface area contributed by atoms with Crippen LogP contribution in [0.4, 0.5) is 0 Å². The first-order valence-corrected chi connectivity index (χ1v) is 10.2. The van der Waals surface area contributed by atoms with Crippen LogP contribution in [0.1, 0.15) is 96.3 Å². The van der Waals surface area contributed by atoms with E-state index in [1.807, 2.05) is 0 Å². The van der Waals surface area contributed by atoms with Gasteiger partial charge >= 0.3 is 23.9 Å². The zero-order valence-electron chi connectivity index (χ0n) is 16.5. The van der Waals surface area contributed by atoms with Crippen LogP contribution >= 0.6 is 0 Å². The summed E-state index contributed by atoms with van der Waals surface area (Å²) in [6, 6.07) is 0. The van der Waals surface area contributed by atoms with Crippen molar-refractivity contribution in [3.63, 3.8) is 0 Å². The summed E-state index contributed by atoms with van der Waals surface area (Å²) < 4.78 is 0. The lowest BCUT2D eigenvalue weighted by Crippen LogP contribution is -2.46. The maximum Gasteiger partial charge on any atom is 0.332 e. The Hall–Kier alpha value is -2.12. The molecular weight excluding hydrogens is 368 g/mol. The summed E-state index contributed by atoms with van der Waals surface area (Å²) in [5.41, 5.74) is -2.74. The molecule has 0 aliphatic carbocycles. The Bertz CT molecular complexity index is 464. The fourth-order valence-electron chi connectivity index (χ4n) is 3.21. The summed E-state index contributed by atoms with van der Waals surface area (Å²) in [5.74, 6) is -6.21. The van der Waals surface area contributed by atoms with Gasteiger partial charge in [-0.05, 0) is 12.8 Å². The van der Waals surface area contributed by atoms with Crippen molar-refractivity contribution in [2.45, 2.75) is 96.3 Å². The van der Waals surface area contributed by atoms with E-state index < -0.39 is 35.7 Å². The van der Waals surface area contributed by atoms with Crippen LogP contribution in [-0.2, 0) is 19.2 Å². The van der Waals surface area contributed by atoms with Crippen LogP contribution in [0.5, 0.6) is 0 Å². The van der Waals surface area contributed by atoms with Gasteiger partial charge in [-0.25, -0.2) is 0 Å². The summed E-state index contributed by atoms with van der Waals surface area (Å²) in [6.45, 7) is 0. The number of carboxylic acids is 4. The van der Waals surface area contributed by atoms with Gasteiger partial charge in [0.15, 0.2) is 0 Å². The van der Waals surface area contributed by atoms with Crippen LogP contribution in [0.3, 0.4) is 0 Å². The molecule has 0 radical (unpaired) electrons. The molecule has 0 saturated heterocycles. The Balaban J connectivity index is 3.62. The van der Waals surface area contributed by atoms with E-state index in [9.17, 15) is 19.2 Å². The van der Waals surface area contributed by atoms with E-state index in [0.29, 0.717) is 6.42 Å². The van der Waals surface area contributed by atoms with Gasteiger partial charge < -0.3 is 20.4 Å². The van der Waals surface area contributed by atoms with Gasteiger partial charge in [0, 0.05) is 6.42 Å². The second-order valence-electron chi connectivity index (χ2n) is 7.31. The maximum atomic E-state index is 11.1. The highest BCUT2D eigenvalue weighted by Crippen LogP contribution is 2.27. The van der Waals surface area contributed by atoms with Crippen molar-refractivity contribution in [1.82, 2.24) is 0 Å². The van der Waals surface area contributed by atoms with E-state index in [-0.39, 0.29) is 12.8 Å². The smallest absolute Gasteiger partial charge is 0.332 e. The predicted octanol–water partition coefficient (Wildman–Crippen LogP) is 4.16. The molecule has 0 heterocycles. The van der Waals surface area contributed by atoms with E-state index in [1.165, 1.54) is 0 Å². The standard InChI is InChI=1S/C20H34O8/c21-16(22)14-12-10-8-6-4-2-1-3-5-7-9-11-13-15-20(17(23)24,18(25)26)19(27)28/h1-15H2,(H,21,22)(H,23,24)(H,25,26)(H,27,28). The Labute approximate surface area is 165 Å². The largest absolute Gasteiger partial charge is 0.481 e. The van der Waals surface area contributed by atoms with E-state index in [4.69, 9.17) is 20.4 Å². The van der Waals surface area contributed by atoms with Crippen LogP contribution in [0.2, 0.25) is 0 Å². The summed E-state index contributed by atoms with van der Waals surface area (Å²) in [6.07, 6.45) is 12.1. The minimum atomic E-state index is -2.74. The predicted molar refractivity (Wildman–Crippen MR) is 102 cm³/mol. The van der Waals surface area contributed by atoms with Crippen molar-refractivity contribution in [3.8, 4) is 0 Å². The van der Waals surface area contributed by atoms with Crippen LogP contribution in [-0.4, -0.2) is 44.3 Å². The van der Waals surface area contributed by atoms with Crippen molar-refractivity contribution < 1.29 is 39.6 Å². The molecule has 0 rings (SSSR count). The SMILES string of the molecule is O=C(O)CCCCCCCCCCCCCCCC(C(=O)O)(C(=O)O)C(=O)O. The topological polar surface area (TPSA) is 149 Å². The highest BCUT2D eigenvalue weighted by atomic mass is 16.4. The monoisotopic (exact) mass is 402 g/mol. The third kappa shape index (κ3) is 10.3. The second-order valence-corrected chi connectivity index (χ2v) is 7.31. The fraction of sp³-hybridized carbons (Fsp3) is 0.800. The summed E-state index contributed by atoms with van der Waals surface area (Å²) in [4.78, 5) is 43.7. The Morgan fingerprint density at radius 2 is 0.750 bits per heavy atom. The molecule has 0 aromatic carbocycles. The first-order chi connectivity index (χ1) is 13.2. The number of carbonyl (C=O) groups is 4. The van der Waals surface area contributed by atoms with Crippen LogP contribution in [0.15, 0.2) is 0 Å². The lowest BCUT2D eigenvalue weighted by Gasteiger charge is -2.19. The van der Waals surface area contributed by atoms with Gasteiger partial charge in [0.2, 0.25) is 0 Å². The van der Waals surface area contributed by atoms with Gasteiger partial charge in [0.25, 0.3) is 5.41 Å². The molecule has 4 N–H and O–H groups in total. The third-order valence-electron chi connectivity index (χ3n) is 5.04. The van der Waals surface area contributed by atoms with E-state index in [1.54, 1.807) is 0 Å². The molecule has 0 atom stereocenters. The number of carboxylic acid groups (broad SMARTS) is 4. The van der Waals surface area contributed by atoms with Crippen LogP contribution in [0, 0.1) is 5.41 Å². The lowest BCUT2D eigenvalue weighted by atomic mass is 9.82. The van der Waals surface area contributed by atoms with Gasteiger partial charge in [-0.3, -0.25) is 19.2 Å². The zero-order chi connectivity index (χ0) is 21.4. The van der Waals surface area contributed by atoms with E-state index in [0.717, 1.165) is 70.6 Å². The van der Waals surface area contributed by atoms with Gasteiger partial charge in [-0.15, -0.1) is 0 Å². The minimum Gasteiger partial charge on any atom is -0.481 e. The second kappa shape index (κ2) is 14.9. The molecule has 0 unspecified atom stereocenters. The summed E-state index contributed by atoms with van der Waals surface area (Å²) >= 11 is 0. The first kappa shape index (κ1) is 25.9. The van der Waals surface area contributed by atoms with E-state index in [2.05, 4.69) is 0 Å². The van der Waals surface area contributed by atoms with Crippen LogP contribution < -0.4 is 0 Å². The third-order valence-corrected chi connectivity index (χ3v) is 5.04. The number of aliphatic carboxylic acids is 4. The molecule has 162 valence electrons. The zero-order valence-corrected chi connectivity index (χ0v) is 16.5. The molecule has 0 aromatic heterocycles. The van der Waals surface area contributed by atoms with Gasteiger partial charge in [-0.1, -0.05) is 77.0 Å². The molecule has 8 nitrogen and oxygen atoms in total. The first-order valence-electron chi connectivity index (χ1n) is 10.2. The number of rotatable bonds is 19. The van der Waals surface area contributed by atoms with Crippen molar-refractivity contribution in [3.05, 3.63) is 0 Å². The normalized spacial score (nSPS) is 11.3. The highest BCUT2D eigenvalue weighted by molar-refractivity contribution is 6.16. The molecule has 0 aromatic rings. The molecule has 0 saturated carbocycles. The average molecular weight is 402 g/mol.